The molecule has 15 heavy (non-hydrogen) atoms. The van der Waals surface area contributed by atoms with E-state index in [2.05, 4.69) is 26.1 Å². The second kappa shape index (κ2) is 7.10. The Morgan fingerprint density at radius 1 is 1.47 bits per heavy atom. The van der Waals surface area contributed by atoms with E-state index in [9.17, 15) is 4.79 Å². The average Bonchev–Trinajstić information content (AvgIpc) is 2.22. The molecule has 0 aliphatic heterocycles. The van der Waals surface area contributed by atoms with Crippen molar-refractivity contribution in [1.82, 2.24) is 5.32 Å². The number of rotatable bonds is 7. The molecular formula is C12H24ClNO. The highest BCUT2D eigenvalue weighted by atomic mass is 35.5. The number of alkyl halides is 1. The van der Waals surface area contributed by atoms with Crippen LogP contribution in [0.1, 0.15) is 53.4 Å². The Hall–Kier alpha value is -0.240. The van der Waals surface area contributed by atoms with E-state index >= 15 is 0 Å². The third-order valence-corrected chi connectivity index (χ3v) is 3.24. The molecule has 0 aromatic heterocycles. The van der Waals surface area contributed by atoms with Gasteiger partial charge in [0.1, 0.15) is 5.38 Å². The van der Waals surface area contributed by atoms with Gasteiger partial charge < -0.3 is 5.32 Å². The Kier molecular flexibility index (Phi) is 6.99. The maximum atomic E-state index is 11.3. The van der Waals surface area contributed by atoms with Gasteiger partial charge in [0.15, 0.2) is 0 Å². The zero-order valence-corrected chi connectivity index (χ0v) is 11.2. The molecule has 0 aromatic rings. The van der Waals surface area contributed by atoms with Crippen LogP contribution < -0.4 is 5.32 Å². The molecule has 0 aromatic carbocycles. The number of halogens is 1. The van der Waals surface area contributed by atoms with Gasteiger partial charge in [0, 0.05) is 6.54 Å². The maximum Gasteiger partial charge on any atom is 0.237 e. The van der Waals surface area contributed by atoms with E-state index in [0.717, 1.165) is 19.4 Å². The van der Waals surface area contributed by atoms with Crippen molar-refractivity contribution in [2.75, 3.05) is 6.54 Å². The summed E-state index contributed by atoms with van der Waals surface area (Å²) >= 11 is 5.69. The van der Waals surface area contributed by atoms with E-state index in [-0.39, 0.29) is 11.3 Å². The van der Waals surface area contributed by atoms with E-state index in [0.29, 0.717) is 0 Å². The van der Waals surface area contributed by atoms with Crippen molar-refractivity contribution in [3.8, 4) is 0 Å². The summed E-state index contributed by atoms with van der Waals surface area (Å²) < 4.78 is 0. The monoisotopic (exact) mass is 233 g/mol. The molecule has 0 spiro atoms. The van der Waals surface area contributed by atoms with Gasteiger partial charge in [-0.2, -0.15) is 0 Å². The number of amides is 1. The fourth-order valence-corrected chi connectivity index (χ4v) is 1.51. The van der Waals surface area contributed by atoms with Gasteiger partial charge in [-0.25, -0.2) is 0 Å². The molecule has 0 radical (unpaired) electrons. The minimum Gasteiger partial charge on any atom is -0.354 e. The van der Waals surface area contributed by atoms with E-state index in [4.69, 9.17) is 11.6 Å². The molecule has 0 aliphatic rings. The van der Waals surface area contributed by atoms with Crippen molar-refractivity contribution in [1.29, 1.82) is 0 Å². The SMILES string of the molecule is CCCCC(C)(CC)CNC(=O)[C@@H](C)Cl. The standard InChI is InChI=1S/C12H24ClNO/c1-5-7-8-12(4,6-2)9-14-11(15)10(3)13/h10H,5-9H2,1-4H3,(H,14,15)/t10-,12?/m1/s1. The van der Waals surface area contributed by atoms with E-state index in [1.165, 1.54) is 12.8 Å². The summed E-state index contributed by atoms with van der Waals surface area (Å²) in [5.74, 6) is -0.0622. The highest BCUT2D eigenvalue weighted by Gasteiger charge is 2.22. The van der Waals surface area contributed by atoms with Gasteiger partial charge in [-0.3, -0.25) is 4.79 Å². The largest absolute Gasteiger partial charge is 0.354 e. The summed E-state index contributed by atoms with van der Waals surface area (Å²) in [6, 6.07) is 0. The molecular weight excluding hydrogens is 210 g/mol. The molecule has 3 heteroatoms. The number of nitrogens with one attached hydrogen (secondary N) is 1. The van der Waals surface area contributed by atoms with Crippen molar-refractivity contribution in [3.63, 3.8) is 0 Å². The summed E-state index contributed by atoms with van der Waals surface area (Å²) in [7, 11) is 0. The molecule has 0 rings (SSSR count). The molecule has 1 N–H and O–H groups in total. The van der Waals surface area contributed by atoms with Gasteiger partial charge >= 0.3 is 0 Å². The van der Waals surface area contributed by atoms with Crippen molar-refractivity contribution in [2.24, 2.45) is 5.41 Å². The fraction of sp³-hybridized carbons (Fsp3) is 0.917. The van der Waals surface area contributed by atoms with Crippen molar-refractivity contribution < 1.29 is 4.79 Å². The summed E-state index contributed by atoms with van der Waals surface area (Å²) in [5.41, 5.74) is 0.220. The topological polar surface area (TPSA) is 29.1 Å². The quantitative estimate of drug-likeness (QED) is 0.672. The Morgan fingerprint density at radius 2 is 2.07 bits per heavy atom. The predicted octanol–water partition coefficient (Wildman–Crippen LogP) is 3.34. The minimum absolute atomic E-state index is 0.0622. The van der Waals surface area contributed by atoms with Crippen LogP contribution >= 0.6 is 11.6 Å². The van der Waals surface area contributed by atoms with Crippen LogP contribution in [0, 0.1) is 5.41 Å². The zero-order chi connectivity index (χ0) is 11.9. The predicted molar refractivity (Wildman–Crippen MR) is 66.2 cm³/mol. The Balaban J connectivity index is 4.02. The van der Waals surface area contributed by atoms with Crippen LogP contribution in [0.2, 0.25) is 0 Å². The van der Waals surface area contributed by atoms with Crippen LogP contribution in [0.15, 0.2) is 0 Å². The zero-order valence-electron chi connectivity index (χ0n) is 10.4. The lowest BCUT2D eigenvalue weighted by Gasteiger charge is -2.28. The smallest absolute Gasteiger partial charge is 0.237 e. The molecule has 0 saturated heterocycles. The number of hydrogen-bond acceptors (Lipinski definition) is 1. The lowest BCUT2D eigenvalue weighted by atomic mass is 9.82. The summed E-state index contributed by atoms with van der Waals surface area (Å²) in [6.07, 6.45) is 4.67. The first-order valence-electron chi connectivity index (χ1n) is 5.87. The van der Waals surface area contributed by atoms with Crippen LogP contribution in [-0.4, -0.2) is 17.8 Å². The number of carbonyl (C=O) groups excluding carboxylic acids is 1. The average molecular weight is 234 g/mol. The summed E-state index contributed by atoms with van der Waals surface area (Å²) in [6.45, 7) is 9.02. The molecule has 2 atom stereocenters. The molecule has 2 nitrogen and oxygen atoms in total. The third kappa shape index (κ3) is 6.03. The van der Waals surface area contributed by atoms with Crippen LogP contribution in [-0.2, 0) is 4.79 Å². The maximum absolute atomic E-state index is 11.3. The highest BCUT2D eigenvalue weighted by Crippen LogP contribution is 2.27. The molecule has 90 valence electrons. The van der Waals surface area contributed by atoms with Gasteiger partial charge in [-0.15, -0.1) is 11.6 Å². The second-order valence-electron chi connectivity index (χ2n) is 4.60. The van der Waals surface area contributed by atoms with E-state index in [1.807, 2.05) is 0 Å². The van der Waals surface area contributed by atoms with Crippen molar-refractivity contribution in [2.45, 2.75) is 58.8 Å². The first-order chi connectivity index (χ1) is 6.95. The number of hydrogen-bond donors (Lipinski definition) is 1. The van der Waals surface area contributed by atoms with E-state index < -0.39 is 5.38 Å². The first kappa shape index (κ1) is 14.8. The molecule has 0 saturated carbocycles. The molecule has 0 fully saturated rings. The minimum atomic E-state index is -0.433. The Bertz CT molecular complexity index is 194. The number of carbonyl (C=O) groups is 1. The van der Waals surface area contributed by atoms with Gasteiger partial charge in [0.2, 0.25) is 5.91 Å². The van der Waals surface area contributed by atoms with Crippen LogP contribution in [0.4, 0.5) is 0 Å². The molecule has 1 unspecified atom stereocenters. The normalized spacial score (nSPS) is 16.9. The van der Waals surface area contributed by atoms with Crippen molar-refractivity contribution >= 4 is 17.5 Å². The van der Waals surface area contributed by atoms with Crippen LogP contribution in [0.5, 0.6) is 0 Å². The summed E-state index contributed by atoms with van der Waals surface area (Å²) in [5, 5.41) is 2.48. The molecule has 0 bridgehead atoms. The lowest BCUT2D eigenvalue weighted by Crippen LogP contribution is -2.38. The third-order valence-electron chi connectivity index (χ3n) is 3.04. The Morgan fingerprint density at radius 3 is 2.47 bits per heavy atom. The van der Waals surface area contributed by atoms with Gasteiger partial charge in [0.25, 0.3) is 0 Å². The molecule has 0 heterocycles. The van der Waals surface area contributed by atoms with Gasteiger partial charge in [-0.05, 0) is 25.2 Å². The second-order valence-corrected chi connectivity index (χ2v) is 5.26. The van der Waals surface area contributed by atoms with Gasteiger partial charge in [0.05, 0.1) is 0 Å². The fourth-order valence-electron chi connectivity index (χ4n) is 1.43. The molecule has 1 amide bonds. The summed E-state index contributed by atoms with van der Waals surface area (Å²) in [4.78, 5) is 11.3. The lowest BCUT2D eigenvalue weighted by molar-refractivity contribution is -0.121. The van der Waals surface area contributed by atoms with E-state index in [1.54, 1.807) is 6.92 Å². The highest BCUT2D eigenvalue weighted by molar-refractivity contribution is 6.30. The molecule has 0 aliphatic carbocycles. The van der Waals surface area contributed by atoms with Gasteiger partial charge in [-0.1, -0.05) is 33.6 Å². The Labute approximate surface area is 98.8 Å². The number of unbranched alkanes of at least 4 members (excludes halogenated alkanes) is 1. The van der Waals surface area contributed by atoms with Crippen LogP contribution in [0.25, 0.3) is 0 Å². The van der Waals surface area contributed by atoms with Crippen molar-refractivity contribution in [3.05, 3.63) is 0 Å². The first-order valence-corrected chi connectivity index (χ1v) is 6.30. The van der Waals surface area contributed by atoms with Crippen LogP contribution in [0.3, 0.4) is 0 Å².